The molecule has 0 unspecified atom stereocenters. The normalized spacial score (nSPS) is 12.9. The van der Waals surface area contributed by atoms with E-state index in [9.17, 15) is 61.8 Å². The molecule has 5 N–H and O–H groups in total. The van der Waals surface area contributed by atoms with Crippen LogP contribution < -0.4 is 5.32 Å². The summed E-state index contributed by atoms with van der Waals surface area (Å²) >= 11 is 0. The van der Waals surface area contributed by atoms with Gasteiger partial charge in [-0.15, -0.1) is 5.11 Å². The van der Waals surface area contributed by atoms with E-state index in [2.05, 4.69) is 25.8 Å². The molecular formula is C34H26N5O14S4-. The molecule has 0 saturated heterocycles. The van der Waals surface area contributed by atoms with Crippen molar-refractivity contribution in [3.8, 4) is 5.75 Å². The Morgan fingerprint density at radius 3 is 1.86 bits per heavy atom. The van der Waals surface area contributed by atoms with Crippen molar-refractivity contribution in [2.45, 2.75) is 26.5 Å². The quantitative estimate of drug-likeness (QED) is 0.0686. The molecule has 0 aromatic heterocycles. The van der Waals surface area contributed by atoms with Crippen molar-refractivity contribution in [3.63, 3.8) is 0 Å². The number of hydrogen-bond donors (Lipinski definition) is 5. The first-order valence-electron chi connectivity index (χ1n) is 15.6. The molecule has 6 aromatic rings. The van der Waals surface area contributed by atoms with Gasteiger partial charge in [-0.1, -0.05) is 12.1 Å². The van der Waals surface area contributed by atoms with Crippen molar-refractivity contribution < 1.29 is 63.2 Å². The molecular weight excluding hydrogens is 831 g/mol. The molecule has 0 spiro atoms. The Morgan fingerprint density at radius 1 is 0.614 bits per heavy atom. The molecule has 23 heteroatoms. The number of phenols is 1. The summed E-state index contributed by atoms with van der Waals surface area (Å²) in [6.07, 6.45) is 0. The van der Waals surface area contributed by atoms with Crippen molar-refractivity contribution in [1.29, 1.82) is 0 Å². The minimum atomic E-state index is -5.04. The fourth-order valence-electron chi connectivity index (χ4n) is 5.44. The standard InChI is InChI=1S/C34H25N5O14S4.H2/c1-18-12-23(8-11-29(18)38-37-24-7-4-20-13-26(55(45,46)47)17-30(28(20)16-24)56(48,49)50)35-34(41)19-2-5-22(6-3-19)36-39-32-27-10-9-25(54(42,43)44)14-21(27)15-31(33(32)40)57(51,52)53;/h2-17,40H,1H3,(H,35,41)(H,42,43,44)(H,45,46,47)(H,48,49,50)(H,51,52,53);1H/p-1. The van der Waals surface area contributed by atoms with Gasteiger partial charge in [0.1, 0.15) is 25.6 Å². The molecule has 0 heterocycles. The molecule has 296 valence electrons. The summed E-state index contributed by atoms with van der Waals surface area (Å²) < 4.78 is 134. The molecule has 0 fully saturated rings. The van der Waals surface area contributed by atoms with E-state index in [1.807, 2.05) is 0 Å². The highest BCUT2D eigenvalue weighted by Crippen LogP contribution is 2.42. The van der Waals surface area contributed by atoms with Crippen molar-refractivity contribution in [3.05, 3.63) is 108 Å². The second kappa shape index (κ2) is 14.8. The number of amides is 1. The van der Waals surface area contributed by atoms with Crippen LogP contribution in [0.2, 0.25) is 0 Å². The average Bonchev–Trinajstić information content (AvgIpc) is 3.11. The van der Waals surface area contributed by atoms with Crippen LogP contribution >= 0.6 is 0 Å². The van der Waals surface area contributed by atoms with Crippen LogP contribution in [0.25, 0.3) is 21.5 Å². The van der Waals surface area contributed by atoms with Crippen LogP contribution in [0, 0.1) is 6.92 Å². The average molecular weight is 857 g/mol. The molecule has 0 saturated carbocycles. The molecule has 19 nitrogen and oxygen atoms in total. The Bertz CT molecular complexity index is 3200. The number of anilines is 1. The van der Waals surface area contributed by atoms with Crippen LogP contribution in [0.1, 0.15) is 17.3 Å². The molecule has 0 aliphatic carbocycles. The first-order valence-corrected chi connectivity index (χ1v) is 21.3. The smallest absolute Gasteiger partial charge is 0.298 e. The number of phenolic OH excluding ortho intramolecular Hbond substituents is 1. The Labute approximate surface area is 324 Å². The molecule has 0 aliphatic rings. The van der Waals surface area contributed by atoms with Crippen LogP contribution in [-0.2, 0) is 40.5 Å². The highest BCUT2D eigenvalue weighted by atomic mass is 32.2. The number of rotatable bonds is 10. The highest BCUT2D eigenvalue weighted by Gasteiger charge is 2.23. The number of benzene rings is 6. The molecule has 0 radical (unpaired) electrons. The van der Waals surface area contributed by atoms with Gasteiger partial charge in [0, 0.05) is 23.4 Å². The van der Waals surface area contributed by atoms with Crippen LogP contribution in [0.15, 0.2) is 137 Å². The van der Waals surface area contributed by atoms with Gasteiger partial charge in [-0.25, -0.2) is 8.42 Å². The zero-order valence-electron chi connectivity index (χ0n) is 28.5. The summed E-state index contributed by atoms with van der Waals surface area (Å²) in [5.74, 6) is -1.52. The summed E-state index contributed by atoms with van der Waals surface area (Å²) in [4.78, 5) is 9.80. The third-order valence-corrected chi connectivity index (χ3v) is 11.6. The van der Waals surface area contributed by atoms with E-state index in [0.717, 1.165) is 30.3 Å². The summed E-state index contributed by atoms with van der Waals surface area (Å²) in [5.41, 5.74) is 1.26. The second-order valence-electron chi connectivity index (χ2n) is 12.1. The molecule has 0 bridgehead atoms. The van der Waals surface area contributed by atoms with Gasteiger partial charge in [0.15, 0.2) is 5.75 Å². The molecule has 6 rings (SSSR count). The zero-order chi connectivity index (χ0) is 41.7. The number of nitrogens with zero attached hydrogens (tertiary/aromatic N) is 4. The summed E-state index contributed by atoms with van der Waals surface area (Å²) in [5, 5.41) is 29.3. The lowest BCUT2D eigenvalue weighted by atomic mass is 10.1. The van der Waals surface area contributed by atoms with E-state index in [1.165, 1.54) is 54.6 Å². The number of nitrogens with one attached hydrogen (secondary N) is 1. The van der Waals surface area contributed by atoms with Gasteiger partial charge >= 0.3 is 0 Å². The Balaban J connectivity index is 0.00000641. The predicted octanol–water partition coefficient (Wildman–Crippen LogP) is 6.98. The number of azo groups is 2. The summed E-state index contributed by atoms with van der Waals surface area (Å²) in [6.45, 7) is 1.67. The second-order valence-corrected chi connectivity index (χ2v) is 17.6. The maximum atomic E-state index is 13.0. The van der Waals surface area contributed by atoms with Gasteiger partial charge < -0.3 is 15.0 Å². The lowest BCUT2D eigenvalue weighted by molar-refractivity contribution is 0.102. The zero-order valence-corrected chi connectivity index (χ0v) is 31.8. The fraction of sp³-hybridized carbons (Fsp3) is 0.0294. The van der Waals surface area contributed by atoms with E-state index in [-0.39, 0.29) is 39.9 Å². The third kappa shape index (κ3) is 9.00. The van der Waals surface area contributed by atoms with E-state index in [0.29, 0.717) is 23.0 Å². The topological polar surface area (TPSA) is 319 Å². The predicted molar refractivity (Wildman–Crippen MR) is 203 cm³/mol. The van der Waals surface area contributed by atoms with Gasteiger partial charge in [0.05, 0.1) is 26.9 Å². The minimum Gasteiger partial charge on any atom is -0.744 e. The number of carbonyl (C=O) groups excluding carboxylic acids is 1. The molecule has 0 atom stereocenters. The van der Waals surface area contributed by atoms with E-state index in [1.54, 1.807) is 13.0 Å². The van der Waals surface area contributed by atoms with Gasteiger partial charge in [0.2, 0.25) is 0 Å². The van der Waals surface area contributed by atoms with Crippen molar-refractivity contribution >= 4 is 96.4 Å². The lowest BCUT2D eigenvalue weighted by Gasteiger charge is -2.11. The van der Waals surface area contributed by atoms with Crippen molar-refractivity contribution in [2.75, 3.05) is 5.32 Å². The Hall–Kier alpha value is -6.05. The number of carbonyl (C=O) groups is 1. The van der Waals surface area contributed by atoms with Crippen LogP contribution in [-0.4, -0.2) is 62.9 Å². The maximum Gasteiger partial charge on any atom is 0.298 e. The van der Waals surface area contributed by atoms with E-state index < -0.39 is 77.4 Å². The van der Waals surface area contributed by atoms with E-state index >= 15 is 0 Å². The third-order valence-electron chi connectivity index (χ3n) is 8.16. The van der Waals surface area contributed by atoms with Crippen LogP contribution in [0.3, 0.4) is 0 Å². The summed E-state index contributed by atoms with van der Waals surface area (Å²) in [6, 6.07) is 19.5. The lowest BCUT2D eigenvalue weighted by Crippen LogP contribution is -2.11. The van der Waals surface area contributed by atoms with Gasteiger partial charge in [-0.3, -0.25) is 18.5 Å². The Kier molecular flexibility index (Phi) is 10.5. The molecule has 1 amide bonds. The SMILES string of the molecule is Cc1cc(NC(=O)c2ccc(N=Nc3c(O)c(S(=O)(=O)O)cc4cc(S(=O)(=O)O)ccc34)cc2)ccc1N=Nc1ccc2cc(S(=O)(=O)[O-])cc(S(=O)(=O)O)c2c1.[HH]. The number of fused-ring (bicyclic) bond motifs is 2. The molecule has 57 heavy (non-hydrogen) atoms. The number of aryl methyl sites for hydroxylation is 1. The molecule has 6 aromatic carbocycles. The minimum absolute atomic E-state index is 0. The number of hydrogen-bond acceptors (Lipinski definition) is 15. The van der Waals surface area contributed by atoms with Crippen LogP contribution in [0.5, 0.6) is 5.75 Å². The fourth-order valence-corrected chi connectivity index (χ4v) is 7.91. The van der Waals surface area contributed by atoms with E-state index in [4.69, 9.17) is 0 Å². The van der Waals surface area contributed by atoms with Crippen LogP contribution in [0.4, 0.5) is 28.4 Å². The Morgan fingerprint density at radius 2 is 1.25 bits per heavy atom. The van der Waals surface area contributed by atoms with Gasteiger partial charge in [-0.05, 0) is 108 Å². The number of aromatic hydroxyl groups is 1. The highest BCUT2D eigenvalue weighted by molar-refractivity contribution is 7.87. The summed E-state index contributed by atoms with van der Waals surface area (Å²) in [7, 11) is -19.7. The maximum absolute atomic E-state index is 13.0. The van der Waals surface area contributed by atoms with Gasteiger partial charge in [-0.2, -0.15) is 40.6 Å². The first-order chi connectivity index (χ1) is 26.5. The van der Waals surface area contributed by atoms with Crippen molar-refractivity contribution in [2.24, 2.45) is 20.5 Å². The molecule has 0 aliphatic heterocycles. The largest absolute Gasteiger partial charge is 0.744 e. The van der Waals surface area contributed by atoms with Crippen molar-refractivity contribution in [1.82, 2.24) is 0 Å². The first kappa shape index (κ1) is 40.6. The van der Waals surface area contributed by atoms with Gasteiger partial charge in [0.25, 0.3) is 36.3 Å². The monoisotopic (exact) mass is 856 g/mol.